The largest absolute Gasteiger partial charge is 0.463 e. The second-order valence-electron chi connectivity index (χ2n) is 3.26. The Morgan fingerprint density at radius 1 is 1.47 bits per heavy atom. The van der Waals surface area contributed by atoms with E-state index in [1.807, 2.05) is 0 Å². The summed E-state index contributed by atoms with van der Waals surface area (Å²) >= 11 is 0. The standard InChI is InChI=1S/C11H11N3O5/c1-7(11(15)18-2)19-13-10(12)8-5-3-4-6-9(8)14(16)17/h3-6H,1H2,2H3,(H2,12,13). The molecule has 0 amide bonds. The fraction of sp³-hybridized carbons (Fsp3) is 0.0909. The minimum atomic E-state index is -0.820. The van der Waals surface area contributed by atoms with Crippen molar-refractivity contribution in [1.29, 1.82) is 0 Å². The third-order valence-corrected chi connectivity index (χ3v) is 2.04. The van der Waals surface area contributed by atoms with Gasteiger partial charge in [-0.25, -0.2) is 4.79 Å². The summed E-state index contributed by atoms with van der Waals surface area (Å²) in [6.07, 6.45) is 0. The first-order chi connectivity index (χ1) is 8.97. The molecule has 2 N–H and O–H groups in total. The summed E-state index contributed by atoms with van der Waals surface area (Å²) in [5.41, 5.74) is 5.40. The quantitative estimate of drug-likeness (QED) is 0.161. The first kappa shape index (κ1) is 14.2. The Kier molecular flexibility index (Phi) is 4.58. The predicted octanol–water partition coefficient (Wildman–Crippen LogP) is 0.918. The molecule has 100 valence electrons. The zero-order chi connectivity index (χ0) is 14.4. The number of esters is 1. The molecule has 0 spiro atoms. The van der Waals surface area contributed by atoms with Crippen molar-refractivity contribution in [2.75, 3.05) is 7.11 Å². The Balaban J connectivity index is 2.95. The van der Waals surface area contributed by atoms with Crippen LogP contribution in [-0.2, 0) is 14.4 Å². The maximum Gasteiger partial charge on any atom is 0.376 e. The Bertz CT molecular complexity index is 553. The van der Waals surface area contributed by atoms with E-state index in [1.54, 1.807) is 6.07 Å². The number of para-hydroxylation sites is 1. The minimum absolute atomic E-state index is 0.0742. The first-order valence-corrected chi connectivity index (χ1v) is 4.99. The lowest BCUT2D eigenvalue weighted by Gasteiger charge is -2.03. The molecule has 0 radical (unpaired) electrons. The second kappa shape index (κ2) is 6.15. The molecule has 0 heterocycles. The van der Waals surface area contributed by atoms with Gasteiger partial charge in [0, 0.05) is 6.07 Å². The summed E-state index contributed by atoms with van der Waals surface area (Å²) in [6.45, 7) is 3.26. The summed E-state index contributed by atoms with van der Waals surface area (Å²) in [7, 11) is 1.14. The van der Waals surface area contributed by atoms with E-state index in [2.05, 4.69) is 21.3 Å². The van der Waals surface area contributed by atoms with Crippen molar-refractivity contribution in [3.63, 3.8) is 0 Å². The van der Waals surface area contributed by atoms with Crippen molar-refractivity contribution in [2.24, 2.45) is 10.9 Å². The lowest BCUT2D eigenvalue weighted by atomic mass is 10.1. The molecule has 0 aliphatic heterocycles. The molecule has 8 nitrogen and oxygen atoms in total. The molecule has 8 heteroatoms. The van der Waals surface area contributed by atoms with Crippen LogP contribution in [0, 0.1) is 10.1 Å². The van der Waals surface area contributed by atoms with Crippen LogP contribution in [0.3, 0.4) is 0 Å². The van der Waals surface area contributed by atoms with Crippen LogP contribution >= 0.6 is 0 Å². The van der Waals surface area contributed by atoms with E-state index in [9.17, 15) is 14.9 Å². The molecule has 0 saturated heterocycles. The molecule has 19 heavy (non-hydrogen) atoms. The number of methoxy groups -OCH3 is 1. The van der Waals surface area contributed by atoms with Gasteiger partial charge in [0.25, 0.3) is 5.69 Å². The number of hydrogen-bond acceptors (Lipinski definition) is 6. The Morgan fingerprint density at radius 2 is 2.11 bits per heavy atom. The summed E-state index contributed by atoms with van der Waals surface area (Å²) in [5, 5.41) is 14.2. The third-order valence-electron chi connectivity index (χ3n) is 2.04. The highest BCUT2D eigenvalue weighted by Crippen LogP contribution is 2.17. The van der Waals surface area contributed by atoms with Crippen molar-refractivity contribution in [3.05, 3.63) is 52.3 Å². The predicted molar refractivity (Wildman–Crippen MR) is 66.1 cm³/mol. The van der Waals surface area contributed by atoms with Crippen LogP contribution in [0.4, 0.5) is 5.69 Å². The number of nitrogens with zero attached hydrogens (tertiary/aromatic N) is 2. The molecule has 0 bridgehead atoms. The highest BCUT2D eigenvalue weighted by atomic mass is 16.7. The topological polar surface area (TPSA) is 117 Å². The molecule has 0 atom stereocenters. The van der Waals surface area contributed by atoms with Crippen LogP contribution in [0.25, 0.3) is 0 Å². The van der Waals surface area contributed by atoms with Crippen LogP contribution in [0.1, 0.15) is 5.56 Å². The van der Waals surface area contributed by atoms with E-state index < -0.39 is 10.9 Å². The van der Waals surface area contributed by atoms with Crippen LogP contribution < -0.4 is 5.73 Å². The van der Waals surface area contributed by atoms with Crippen molar-refractivity contribution in [1.82, 2.24) is 0 Å². The van der Waals surface area contributed by atoms with Crippen LogP contribution in [-0.4, -0.2) is 23.8 Å². The van der Waals surface area contributed by atoms with Gasteiger partial charge in [-0.15, -0.1) is 0 Å². The number of benzene rings is 1. The monoisotopic (exact) mass is 265 g/mol. The Labute approximate surface area is 108 Å². The lowest BCUT2D eigenvalue weighted by molar-refractivity contribution is -0.385. The van der Waals surface area contributed by atoms with Gasteiger partial charge < -0.3 is 15.3 Å². The van der Waals surface area contributed by atoms with Gasteiger partial charge in [0.2, 0.25) is 5.76 Å². The zero-order valence-corrected chi connectivity index (χ0v) is 10.0. The molecule has 0 aliphatic carbocycles. The van der Waals surface area contributed by atoms with Gasteiger partial charge >= 0.3 is 5.97 Å². The van der Waals surface area contributed by atoms with E-state index in [1.165, 1.54) is 18.2 Å². The summed E-state index contributed by atoms with van der Waals surface area (Å²) in [6, 6.07) is 5.72. The van der Waals surface area contributed by atoms with Gasteiger partial charge in [0.05, 0.1) is 17.6 Å². The number of amidine groups is 1. The van der Waals surface area contributed by atoms with Crippen LogP contribution in [0.5, 0.6) is 0 Å². The average molecular weight is 265 g/mol. The number of carbonyl (C=O) groups excluding carboxylic acids is 1. The van der Waals surface area contributed by atoms with Crippen molar-refractivity contribution >= 4 is 17.5 Å². The van der Waals surface area contributed by atoms with E-state index in [0.29, 0.717) is 0 Å². The SMILES string of the molecule is C=C(O/N=C(\N)c1ccccc1[N+](=O)[O-])C(=O)OC. The van der Waals surface area contributed by atoms with Crippen molar-refractivity contribution in [2.45, 2.75) is 0 Å². The molecular weight excluding hydrogens is 254 g/mol. The molecule has 0 unspecified atom stereocenters. The van der Waals surface area contributed by atoms with E-state index in [4.69, 9.17) is 5.73 Å². The normalized spacial score (nSPS) is 10.7. The lowest BCUT2D eigenvalue weighted by Crippen LogP contribution is -2.16. The maximum atomic E-state index is 11.0. The smallest absolute Gasteiger partial charge is 0.376 e. The minimum Gasteiger partial charge on any atom is -0.463 e. The van der Waals surface area contributed by atoms with Crippen LogP contribution in [0.2, 0.25) is 0 Å². The van der Waals surface area contributed by atoms with Gasteiger partial charge in [-0.1, -0.05) is 17.3 Å². The number of ether oxygens (including phenoxy) is 1. The van der Waals surface area contributed by atoms with Gasteiger partial charge in [0.1, 0.15) is 0 Å². The Hall–Kier alpha value is -2.90. The van der Waals surface area contributed by atoms with Gasteiger partial charge in [0.15, 0.2) is 5.84 Å². The molecule has 0 aliphatic rings. The Morgan fingerprint density at radius 3 is 2.68 bits per heavy atom. The van der Waals surface area contributed by atoms with Gasteiger partial charge in [-0.3, -0.25) is 10.1 Å². The number of nitro benzene ring substituents is 1. The van der Waals surface area contributed by atoms with Crippen molar-refractivity contribution in [3.8, 4) is 0 Å². The molecular formula is C11H11N3O5. The van der Waals surface area contributed by atoms with E-state index >= 15 is 0 Å². The van der Waals surface area contributed by atoms with E-state index in [0.717, 1.165) is 7.11 Å². The number of hydrogen-bond donors (Lipinski definition) is 1. The number of carbonyl (C=O) groups is 1. The summed E-state index contributed by atoms with van der Waals surface area (Å²) in [4.78, 5) is 25.8. The maximum absolute atomic E-state index is 11.0. The highest BCUT2D eigenvalue weighted by molar-refractivity contribution is 6.00. The second-order valence-corrected chi connectivity index (χ2v) is 3.26. The molecule has 1 aromatic carbocycles. The van der Waals surface area contributed by atoms with E-state index in [-0.39, 0.29) is 22.8 Å². The number of oxime groups is 1. The van der Waals surface area contributed by atoms with Crippen LogP contribution in [0.15, 0.2) is 41.8 Å². The molecule has 0 saturated carbocycles. The first-order valence-electron chi connectivity index (χ1n) is 4.99. The summed E-state index contributed by atoms with van der Waals surface area (Å²) in [5.74, 6) is -1.46. The zero-order valence-electron chi connectivity index (χ0n) is 10.0. The van der Waals surface area contributed by atoms with Gasteiger partial charge in [-0.2, -0.15) is 0 Å². The number of nitrogens with two attached hydrogens (primary N) is 1. The molecule has 1 aromatic rings. The average Bonchev–Trinajstić information content (AvgIpc) is 2.43. The fourth-order valence-corrected chi connectivity index (χ4v) is 1.15. The highest BCUT2D eigenvalue weighted by Gasteiger charge is 2.16. The number of rotatable bonds is 5. The fourth-order valence-electron chi connectivity index (χ4n) is 1.15. The third kappa shape index (κ3) is 3.53. The molecule has 0 fully saturated rings. The summed E-state index contributed by atoms with van der Waals surface area (Å²) < 4.78 is 4.33. The molecule has 1 rings (SSSR count). The van der Waals surface area contributed by atoms with Crippen molar-refractivity contribution < 1.29 is 19.3 Å². The molecule has 0 aromatic heterocycles. The number of nitro groups is 1. The van der Waals surface area contributed by atoms with Gasteiger partial charge in [-0.05, 0) is 12.6 Å².